The van der Waals surface area contributed by atoms with E-state index in [1.165, 1.54) is 38.2 Å². The predicted octanol–water partition coefficient (Wildman–Crippen LogP) is 2.02. The Bertz CT molecular complexity index is 511. The van der Waals surface area contributed by atoms with Crippen LogP contribution in [0.1, 0.15) is 18.4 Å². The van der Waals surface area contributed by atoms with E-state index in [0.717, 1.165) is 37.7 Å². The van der Waals surface area contributed by atoms with Crippen LogP contribution < -0.4 is 4.90 Å². The van der Waals surface area contributed by atoms with Gasteiger partial charge in [-0.05, 0) is 56.6 Å². The molecule has 2 saturated heterocycles. The number of likely N-dealkylation sites (tertiary alicyclic amines) is 1. The summed E-state index contributed by atoms with van der Waals surface area (Å²) in [5, 5.41) is 8.87. The van der Waals surface area contributed by atoms with Gasteiger partial charge < -0.3 is 9.80 Å². The molecular formula is C18H26N4. The van der Waals surface area contributed by atoms with Crippen molar-refractivity contribution in [2.75, 3.05) is 57.8 Å². The summed E-state index contributed by atoms with van der Waals surface area (Å²) in [6.07, 6.45) is 2.74. The Hall–Kier alpha value is -1.57. The van der Waals surface area contributed by atoms with E-state index < -0.39 is 0 Å². The maximum Gasteiger partial charge on any atom is 0.0991 e. The van der Waals surface area contributed by atoms with Gasteiger partial charge in [0.1, 0.15) is 0 Å². The Morgan fingerprint density at radius 2 is 1.82 bits per heavy atom. The average molecular weight is 298 g/mol. The van der Waals surface area contributed by atoms with E-state index in [1.807, 2.05) is 12.1 Å². The summed E-state index contributed by atoms with van der Waals surface area (Å²) in [5.41, 5.74) is 1.99. The first-order valence-corrected chi connectivity index (χ1v) is 8.40. The van der Waals surface area contributed by atoms with E-state index in [-0.39, 0.29) is 0 Å². The summed E-state index contributed by atoms with van der Waals surface area (Å²) in [4.78, 5) is 7.54. The highest BCUT2D eigenvalue weighted by molar-refractivity contribution is 5.50. The normalized spacial score (nSPS) is 24.2. The molecule has 1 atom stereocenters. The summed E-state index contributed by atoms with van der Waals surface area (Å²) in [7, 11) is 2.25. The largest absolute Gasteiger partial charge is 0.369 e. The standard InChI is InChI=1S/C18H26N4/c1-20-8-2-3-17(14-20)15-21-9-11-22(12-10-21)18-6-4-16(13-19)5-7-18/h4-7,17H,2-3,8-12,14-15H2,1H3/t17-/m0/s1. The molecule has 0 N–H and O–H groups in total. The number of nitrogens with zero attached hydrogens (tertiary/aromatic N) is 4. The van der Waals surface area contributed by atoms with Crippen molar-refractivity contribution in [2.45, 2.75) is 12.8 Å². The van der Waals surface area contributed by atoms with Crippen LogP contribution in [0.2, 0.25) is 0 Å². The van der Waals surface area contributed by atoms with E-state index in [9.17, 15) is 0 Å². The highest BCUT2D eigenvalue weighted by Gasteiger charge is 2.23. The number of hydrogen-bond donors (Lipinski definition) is 0. The Morgan fingerprint density at radius 1 is 1.09 bits per heavy atom. The maximum absolute atomic E-state index is 8.87. The van der Waals surface area contributed by atoms with Crippen LogP contribution in [-0.4, -0.2) is 62.7 Å². The minimum Gasteiger partial charge on any atom is -0.369 e. The minimum absolute atomic E-state index is 0.740. The van der Waals surface area contributed by atoms with Gasteiger partial charge in [-0.15, -0.1) is 0 Å². The van der Waals surface area contributed by atoms with Gasteiger partial charge in [0.2, 0.25) is 0 Å². The maximum atomic E-state index is 8.87. The van der Waals surface area contributed by atoms with Gasteiger partial charge in [-0.25, -0.2) is 0 Å². The molecule has 3 rings (SSSR count). The molecule has 2 aliphatic rings. The average Bonchev–Trinajstić information content (AvgIpc) is 2.56. The number of anilines is 1. The molecule has 0 aromatic heterocycles. The van der Waals surface area contributed by atoms with Gasteiger partial charge in [-0.3, -0.25) is 4.90 Å². The lowest BCUT2D eigenvalue weighted by molar-refractivity contribution is 0.147. The predicted molar refractivity (Wildman–Crippen MR) is 90.0 cm³/mol. The van der Waals surface area contributed by atoms with Crippen molar-refractivity contribution in [3.05, 3.63) is 29.8 Å². The Balaban J connectivity index is 1.48. The minimum atomic E-state index is 0.740. The topological polar surface area (TPSA) is 33.5 Å². The van der Waals surface area contributed by atoms with Gasteiger partial charge in [0, 0.05) is 45.0 Å². The van der Waals surface area contributed by atoms with Crippen LogP contribution in [0, 0.1) is 17.2 Å². The molecule has 0 spiro atoms. The van der Waals surface area contributed by atoms with E-state index in [1.54, 1.807) is 0 Å². The Labute approximate surface area is 133 Å². The van der Waals surface area contributed by atoms with Crippen LogP contribution in [0.4, 0.5) is 5.69 Å². The third-order valence-corrected chi connectivity index (χ3v) is 4.97. The summed E-state index contributed by atoms with van der Waals surface area (Å²) in [6, 6.07) is 10.2. The quantitative estimate of drug-likeness (QED) is 0.855. The van der Waals surface area contributed by atoms with Crippen LogP contribution >= 0.6 is 0 Å². The fraction of sp³-hybridized carbons (Fsp3) is 0.611. The molecule has 0 unspecified atom stereocenters. The van der Waals surface area contributed by atoms with Crippen molar-refractivity contribution < 1.29 is 0 Å². The Morgan fingerprint density at radius 3 is 2.45 bits per heavy atom. The summed E-state index contributed by atoms with van der Waals surface area (Å²) in [6.45, 7) is 8.27. The van der Waals surface area contributed by atoms with Crippen molar-refractivity contribution >= 4 is 5.69 Å². The molecule has 1 aromatic rings. The molecule has 1 aromatic carbocycles. The van der Waals surface area contributed by atoms with Crippen LogP contribution in [0.25, 0.3) is 0 Å². The SMILES string of the molecule is CN1CCC[C@H](CN2CCN(c3ccc(C#N)cc3)CC2)C1. The molecule has 4 nitrogen and oxygen atoms in total. The molecule has 2 fully saturated rings. The number of hydrogen-bond acceptors (Lipinski definition) is 4. The smallest absolute Gasteiger partial charge is 0.0991 e. The number of nitriles is 1. The molecule has 0 aliphatic carbocycles. The summed E-state index contributed by atoms with van der Waals surface area (Å²) in [5.74, 6) is 0.847. The van der Waals surface area contributed by atoms with Gasteiger partial charge >= 0.3 is 0 Å². The van der Waals surface area contributed by atoms with Gasteiger partial charge in [0.05, 0.1) is 11.6 Å². The third kappa shape index (κ3) is 3.79. The van der Waals surface area contributed by atoms with Gasteiger partial charge in [0.25, 0.3) is 0 Å². The van der Waals surface area contributed by atoms with E-state index in [0.29, 0.717) is 0 Å². The van der Waals surface area contributed by atoms with E-state index in [2.05, 4.69) is 39.9 Å². The van der Waals surface area contributed by atoms with E-state index in [4.69, 9.17) is 5.26 Å². The molecule has 0 bridgehead atoms. The summed E-state index contributed by atoms with van der Waals surface area (Å²) >= 11 is 0. The van der Waals surface area contributed by atoms with Gasteiger partial charge in [0.15, 0.2) is 0 Å². The van der Waals surface area contributed by atoms with Gasteiger partial charge in [-0.1, -0.05) is 0 Å². The second-order valence-corrected chi connectivity index (χ2v) is 6.72. The highest BCUT2D eigenvalue weighted by atomic mass is 15.3. The molecule has 118 valence electrons. The van der Waals surface area contributed by atoms with Crippen LogP contribution in [0.15, 0.2) is 24.3 Å². The van der Waals surface area contributed by atoms with Crippen molar-refractivity contribution in [2.24, 2.45) is 5.92 Å². The number of piperazine rings is 1. The number of rotatable bonds is 3. The van der Waals surface area contributed by atoms with Crippen molar-refractivity contribution in [3.63, 3.8) is 0 Å². The molecular weight excluding hydrogens is 272 g/mol. The van der Waals surface area contributed by atoms with Crippen molar-refractivity contribution in [3.8, 4) is 6.07 Å². The molecule has 2 heterocycles. The fourth-order valence-corrected chi connectivity index (χ4v) is 3.72. The highest BCUT2D eigenvalue weighted by Crippen LogP contribution is 2.20. The second kappa shape index (κ2) is 7.13. The van der Waals surface area contributed by atoms with Crippen LogP contribution in [0.3, 0.4) is 0 Å². The van der Waals surface area contributed by atoms with Gasteiger partial charge in [-0.2, -0.15) is 5.26 Å². The first-order valence-electron chi connectivity index (χ1n) is 8.40. The van der Waals surface area contributed by atoms with E-state index >= 15 is 0 Å². The molecule has 0 radical (unpaired) electrons. The first kappa shape index (κ1) is 15.3. The second-order valence-electron chi connectivity index (χ2n) is 6.72. The zero-order chi connectivity index (χ0) is 15.4. The molecule has 4 heteroatoms. The molecule has 0 saturated carbocycles. The summed E-state index contributed by atoms with van der Waals surface area (Å²) < 4.78 is 0. The molecule has 2 aliphatic heterocycles. The lowest BCUT2D eigenvalue weighted by Gasteiger charge is -2.39. The fourth-order valence-electron chi connectivity index (χ4n) is 3.72. The lowest BCUT2D eigenvalue weighted by Crippen LogP contribution is -2.49. The molecule has 22 heavy (non-hydrogen) atoms. The van der Waals surface area contributed by atoms with Crippen LogP contribution in [0.5, 0.6) is 0 Å². The van der Waals surface area contributed by atoms with Crippen LogP contribution in [-0.2, 0) is 0 Å². The first-order chi connectivity index (χ1) is 10.7. The number of piperidine rings is 1. The monoisotopic (exact) mass is 298 g/mol. The number of benzene rings is 1. The van der Waals surface area contributed by atoms with Crippen molar-refractivity contribution in [1.29, 1.82) is 5.26 Å². The zero-order valence-corrected chi connectivity index (χ0v) is 13.5. The Kier molecular flexibility index (Phi) is 4.97. The molecule has 0 amide bonds. The lowest BCUT2D eigenvalue weighted by atomic mass is 9.97. The third-order valence-electron chi connectivity index (χ3n) is 4.97. The van der Waals surface area contributed by atoms with Crippen molar-refractivity contribution in [1.82, 2.24) is 9.80 Å². The zero-order valence-electron chi connectivity index (χ0n) is 13.5.